The van der Waals surface area contributed by atoms with Gasteiger partial charge in [0.1, 0.15) is 0 Å². The zero-order valence-corrected chi connectivity index (χ0v) is 11.9. The minimum atomic E-state index is 0.791. The number of rotatable bonds is 9. The van der Waals surface area contributed by atoms with E-state index in [-0.39, 0.29) is 0 Å². The molecule has 1 fully saturated rings. The molecule has 0 bridgehead atoms. The van der Waals surface area contributed by atoms with Crippen molar-refractivity contribution >= 4 is 0 Å². The lowest BCUT2D eigenvalue weighted by Crippen LogP contribution is -2.31. The third-order valence-electron chi connectivity index (χ3n) is 3.84. The van der Waals surface area contributed by atoms with Gasteiger partial charge in [-0.3, -0.25) is 4.68 Å². The highest BCUT2D eigenvalue weighted by molar-refractivity contribution is 5.03. The zero-order valence-electron chi connectivity index (χ0n) is 11.9. The second-order valence-electron chi connectivity index (χ2n) is 5.67. The quantitative estimate of drug-likeness (QED) is 0.682. The van der Waals surface area contributed by atoms with E-state index in [2.05, 4.69) is 23.5 Å². The maximum Gasteiger partial charge on any atom is 0.0521 e. The second kappa shape index (κ2) is 6.93. The Morgan fingerprint density at radius 3 is 2.89 bits per heavy atom. The number of hydrogen-bond donors (Lipinski definition) is 1. The normalized spacial score (nSPS) is 17.0. The van der Waals surface area contributed by atoms with E-state index in [0.717, 1.165) is 12.0 Å². The number of unbranched alkanes of at least 4 members (excludes halogenated alkanes) is 1. The van der Waals surface area contributed by atoms with E-state index in [0.29, 0.717) is 0 Å². The zero-order chi connectivity index (χ0) is 12.8. The van der Waals surface area contributed by atoms with Crippen molar-refractivity contribution in [3.63, 3.8) is 0 Å². The molecule has 0 amide bonds. The van der Waals surface area contributed by atoms with Crippen molar-refractivity contribution in [1.29, 1.82) is 0 Å². The van der Waals surface area contributed by atoms with Gasteiger partial charge in [0.05, 0.1) is 6.20 Å². The van der Waals surface area contributed by atoms with Gasteiger partial charge in [0, 0.05) is 19.3 Å². The van der Waals surface area contributed by atoms with Gasteiger partial charge < -0.3 is 5.32 Å². The number of nitrogens with zero attached hydrogens (tertiary/aromatic N) is 2. The van der Waals surface area contributed by atoms with E-state index in [1.807, 2.05) is 17.9 Å². The lowest BCUT2D eigenvalue weighted by Gasteiger charge is -2.17. The van der Waals surface area contributed by atoms with E-state index in [1.54, 1.807) is 0 Å². The molecule has 3 nitrogen and oxygen atoms in total. The van der Waals surface area contributed by atoms with Crippen molar-refractivity contribution in [2.75, 3.05) is 6.54 Å². The maximum atomic E-state index is 4.21. The summed E-state index contributed by atoms with van der Waals surface area (Å²) < 4.78 is 1.89. The van der Waals surface area contributed by atoms with Gasteiger partial charge in [-0.1, -0.05) is 13.3 Å². The first-order valence-corrected chi connectivity index (χ1v) is 7.50. The van der Waals surface area contributed by atoms with Crippen molar-refractivity contribution in [1.82, 2.24) is 15.1 Å². The van der Waals surface area contributed by atoms with Crippen LogP contribution < -0.4 is 5.32 Å². The summed E-state index contributed by atoms with van der Waals surface area (Å²) in [5.41, 5.74) is 1.38. The van der Waals surface area contributed by atoms with Crippen LogP contribution in [-0.4, -0.2) is 22.4 Å². The molecule has 1 aliphatic rings. The fraction of sp³-hybridized carbons (Fsp3) is 0.800. The van der Waals surface area contributed by atoms with E-state index >= 15 is 0 Å². The van der Waals surface area contributed by atoms with Gasteiger partial charge >= 0.3 is 0 Å². The summed E-state index contributed by atoms with van der Waals surface area (Å²) in [5.74, 6) is 0.981. The number of aryl methyl sites for hydroxylation is 2. The molecule has 0 saturated heterocycles. The molecule has 1 heterocycles. The van der Waals surface area contributed by atoms with Gasteiger partial charge in [-0.05, 0) is 56.6 Å². The lowest BCUT2D eigenvalue weighted by atomic mass is 10.0. The van der Waals surface area contributed by atoms with Crippen molar-refractivity contribution in [2.24, 2.45) is 13.0 Å². The smallest absolute Gasteiger partial charge is 0.0521 e. The molecule has 1 saturated carbocycles. The van der Waals surface area contributed by atoms with E-state index in [1.165, 1.54) is 57.1 Å². The summed E-state index contributed by atoms with van der Waals surface area (Å²) in [6.07, 6.45) is 13.4. The third-order valence-corrected chi connectivity index (χ3v) is 3.84. The first kappa shape index (κ1) is 13.6. The highest BCUT2D eigenvalue weighted by Crippen LogP contribution is 2.34. The van der Waals surface area contributed by atoms with E-state index in [9.17, 15) is 0 Å². The van der Waals surface area contributed by atoms with E-state index in [4.69, 9.17) is 0 Å². The van der Waals surface area contributed by atoms with E-state index < -0.39 is 0 Å². The van der Waals surface area contributed by atoms with Gasteiger partial charge in [0.25, 0.3) is 0 Å². The molecule has 1 N–H and O–H groups in total. The summed E-state index contributed by atoms with van der Waals surface area (Å²) >= 11 is 0. The fourth-order valence-electron chi connectivity index (χ4n) is 2.63. The van der Waals surface area contributed by atoms with Crippen molar-refractivity contribution in [3.8, 4) is 0 Å². The average Bonchev–Trinajstić information content (AvgIpc) is 3.12. The predicted molar refractivity (Wildman–Crippen MR) is 75.6 cm³/mol. The molecule has 0 aliphatic heterocycles. The van der Waals surface area contributed by atoms with Crippen LogP contribution >= 0.6 is 0 Å². The molecular formula is C15H27N3. The highest BCUT2D eigenvalue weighted by atomic mass is 15.2. The molecule has 1 atom stereocenters. The molecular weight excluding hydrogens is 222 g/mol. The molecule has 1 aromatic heterocycles. The summed E-state index contributed by atoms with van der Waals surface area (Å²) in [7, 11) is 1.99. The van der Waals surface area contributed by atoms with Crippen LogP contribution in [0.25, 0.3) is 0 Å². The van der Waals surface area contributed by atoms with Crippen molar-refractivity contribution in [3.05, 3.63) is 18.0 Å². The Kier molecular flexibility index (Phi) is 5.24. The Hall–Kier alpha value is -0.830. The fourth-order valence-corrected chi connectivity index (χ4v) is 2.63. The van der Waals surface area contributed by atoms with Crippen LogP contribution in [-0.2, 0) is 13.5 Å². The molecule has 0 radical (unpaired) electrons. The molecule has 0 aromatic carbocycles. The monoisotopic (exact) mass is 249 g/mol. The minimum Gasteiger partial charge on any atom is -0.314 e. The van der Waals surface area contributed by atoms with Gasteiger partial charge in [-0.25, -0.2) is 0 Å². The van der Waals surface area contributed by atoms with Gasteiger partial charge in [0.2, 0.25) is 0 Å². The molecule has 1 aliphatic carbocycles. The van der Waals surface area contributed by atoms with Crippen LogP contribution in [0.15, 0.2) is 12.4 Å². The molecule has 102 valence electrons. The van der Waals surface area contributed by atoms with Crippen LogP contribution in [0.5, 0.6) is 0 Å². The first-order chi connectivity index (χ1) is 8.79. The molecule has 1 aromatic rings. The summed E-state index contributed by atoms with van der Waals surface area (Å²) in [6.45, 7) is 3.43. The van der Waals surface area contributed by atoms with Crippen LogP contribution in [0.4, 0.5) is 0 Å². The maximum absolute atomic E-state index is 4.21. The Bertz CT molecular complexity index is 341. The summed E-state index contributed by atoms with van der Waals surface area (Å²) in [5, 5.41) is 7.93. The number of hydrogen-bond acceptors (Lipinski definition) is 2. The standard InChI is InChI=1S/C15H27N3/c1-3-10-16-15(14-8-9-14)7-5-4-6-13-11-17-18(2)12-13/h11-12,14-16H,3-10H2,1-2H3. The molecule has 1 unspecified atom stereocenters. The van der Waals surface area contributed by atoms with Crippen molar-refractivity contribution < 1.29 is 0 Å². The van der Waals surface area contributed by atoms with Gasteiger partial charge in [-0.15, -0.1) is 0 Å². The molecule has 18 heavy (non-hydrogen) atoms. The topological polar surface area (TPSA) is 29.9 Å². The van der Waals surface area contributed by atoms with Crippen LogP contribution in [0.1, 0.15) is 51.0 Å². The van der Waals surface area contributed by atoms with Gasteiger partial charge in [-0.2, -0.15) is 5.10 Å². The highest BCUT2D eigenvalue weighted by Gasteiger charge is 2.29. The average molecular weight is 249 g/mol. The minimum absolute atomic E-state index is 0.791. The van der Waals surface area contributed by atoms with Crippen LogP contribution in [0.2, 0.25) is 0 Å². The van der Waals surface area contributed by atoms with Gasteiger partial charge in [0.15, 0.2) is 0 Å². The number of nitrogens with one attached hydrogen (secondary N) is 1. The Morgan fingerprint density at radius 1 is 1.44 bits per heavy atom. The first-order valence-electron chi connectivity index (χ1n) is 7.50. The predicted octanol–water partition coefficient (Wildman–Crippen LogP) is 2.91. The Labute approximate surface area is 111 Å². The van der Waals surface area contributed by atoms with Crippen LogP contribution in [0.3, 0.4) is 0 Å². The summed E-state index contributed by atoms with van der Waals surface area (Å²) in [4.78, 5) is 0. The lowest BCUT2D eigenvalue weighted by molar-refractivity contribution is 0.420. The largest absolute Gasteiger partial charge is 0.314 e. The summed E-state index contributed by atoms with van der Waals surface area (Å²) in [6, 6.07) is 0.791. The second-order valence-corrected chi connectivity index (χ2v) is 5.67. The molecule has 3 heteroatoms. The third kappa shape index (κ3) is 4.45. The Balaban J connectivity index is 1.60. The van der Waals surface area contributed by atoms with Crippen LogP contribution in [0, 0.1) is 5.92 Å². The molecule has 2 rings (SSSR count). The van der Waals surface area contributed by atoms with Crippen molar-refractivity contribution in [2.45, 2.75) is 57.9 Å². The SMILES string of the molecule is CCCNC(CCCCc1cnn(C)c1)C1CC1. The molecule has 0 spiro atoms. The number of aromatic nitrogens is 2. The Morgan fingerprint density at radius 2 is 2.28 bits per heavy atom.